The van der Waals surface area contributed by atoms with Crippen LogP contribution in [0.2, 0.25) is 0 Å². The molecule has 1 amide bonds. The summed E-state index contributed by atoms with van der Waals surface area (Å²) in [6.45, 7) is 1.60. The fourth-order valence-electron chi connectivity index (χ4n) is 1.37. The number of carbonyl (C=O) groups is 1. The second-order valence-electron chi connectivity index (χ2n) is 3.71. The number of hydrogen-bond acceptors (Lipinski definition) is 6. The first-order valence-corrected chi connectivity index (χ1v) is 7.63. The second-order valence-corrected chi connectivity index (χ2v) is 5.56. The number of nitrogens with one attached hydrogen (secondary N) is 2. The van der Waals surface area contributed by atoms with Crippen LogP contribution in [0.15, 0.2) is 18.2 Å². The minimum atomic E-state index is -4.14. The third-order valence-corrected chi connectivity index (χ3v) is 3.38. The van der Waals surface area contributed by atoms with Crippen molar-refractivity contribution in [1.82, 2.24) is 4.72 Å². The molecule has 0 aromatic heterocycles. The molecule has 0 saturated carbocycles. The van der Waals surface area contributed by atoms with Crippen molar-refractivity contribution in [2.75, 3.05) is 18.4 Å². The molecular formula is C11H15N3O5S2. The molecule has 0 atom stereocenters. The number of benzene rings is 1. The maximum Gasteiger partial charge on any atom is 0.422 e. The highest BCUT2D eigenvalue weighted by Gasteiger charge is 2.17. The van der Waals surface area contributed by atoms with Gasteiger partial charge in [0.1, 0.15) is 10.7 Å². The van der Waals surface area contributed by atoms with Crippen molar-refractivity contribution in [2.24, 2.45) is 5.73 Å². The van der Waals surface area contributed by atoms with Crippen LogP contribution < -0.4 is 19.9 Å². The van der Waals surface area contributed by atoms with E-state index in [9.17, 15) is 13.2 Å². The summed E-state index contributed by atoms with van der Waals surface area (Å²) in [7, 11) is -2.78. The molecule has 1 rings (SSSR count). The topological polar surface area (TPSA) is 120 Å². The molecule has 8 nitrogen and oxygen atoms in total. The quantitative estimate of drug-likeness (QED) is 0.656. The van der Waals surface area contributed by atoms with Gasteiger partial charge in [0, 0.05) is 5.56 Å². The molecule has 0 bridgehead atoms. The lowest BCUT2D eigenvalue weighted by Gasteiger charge is -2.13. The Kier molecular flexibility index (Phi) is 5.73. The third-order valence-electron chi connectivity index (χ3n) is 2.22. The van der Waals surface area contributed by atoms with E-state index in [2.05, 4.69) is 9.46 Å². The number of amides is 1. The van der Waals surface area contributed by atoms with Gasteiger partial charge in [-0.1, -0.05) is 12.2 Å². The summed E-state index contributed by atoms with van der Waals surface area (Å²) < 4.78 is 36.9. The summed E-state index contributed by atoms with van der Waals surface area (Å²) >= 11 is 4.82. The molecule has 1 aromatic rings. The highest BCUT2D eigenvalue weighted by Crippen LogP contribution is 2.26. The van der Waals surface area contributed by atoms with Gasteiger partial charge in [-0.2, -0.15) is 8.42 Å². The number of nitrogens with two attached hydrogens (primary N) is 1. The molecule has 0 aliphatic heterocycles. The molecule has 21 heavy (non-hydrogen) atoms. The Balaban J connectivity index is 2.96. The number of carbonyl (C=O) groups excluding carboxylic acids is 1. The van der Waals surface area contributed by atoms with E-state index in [0.717, 1.165) is 0 Å². The van der Waals surface area contributed by atoms with E-state index in [4.69, 9.17) is 22.7 Å². The summed E-state index contributed by atoms with van der Waals surface area (Å²) in [6, 6.07) is 4.41. The Labute approximate surface area is 127 Å². The molecule has 0 heterocycles. The first kappa shape index (κ1) is 17.0. The van der Waals surface area contributed by atoms with E-state index in [1.54, 1.807) is 11.6 Å². The van der Waals surface area contributed by atoms with E-state index in [1.165, 1.54) is 25.3 Å². The number of hydrogen-bond donors (Lipinski definition) is 3. The average molecular weight is 333 g/mol. The van der Waals surface area contributed by atoms with Crippen LogP contribution in [-0.4, -0.2) is 33.2 Å². The lowest BCUT2D eigenvalue weighted by molar-refractivity contribution is 0.159. The van der Waals surface area contributed by atoms with E-state index in [0.29, 0.717) is 5.56 Å². The molecule has 0 unspecified atom stereocenters. The molecule has 1 aromatic carbocycles. The van der Waals surface area contributed by atoms with Crippen LogP contribution in [0, 0.1) is 0 Å². The SMILES string of the molecule is CCOC(=O)NS(=O)(=O)Nc1ccc(C(N)=S)cc1OC. The highest BCUT2D eigenvalue weighted by molar-refractivity contribution is 7.91. The molecule has 0 fully saturated rings. The van der Waals surface area contributed by atoms with Gasteiger partial charge in [-0.25, -0.2) is 9.52 Å². The number of methoxy groups -OCH3 is 1. The standard InChI is InChI=1S/C11H15N3O5S2/c1-3-19-11(15)14-21(16,17)13-8-5-4-7(10(12)20)6-9(8)18-2/h4-6,13H,3H2,1-2H3,(H2,12,20)(H,14,15). The number of ether oxygens (including phenoxy) is 2. The predicted molar refractivity (Wildman–Crippen MR) is 81.6 cm³/mol. The molecule has 0 radical (unpaired) electrons. The molecule has 4 N–H and O–H groups in total. The van der Waals surface area contributed by atoms with Gasteiger partial charge in [0.2, 0.25) is 0 Å². The molecule has 0 aliphatic carbocycles. The summed E-state index contributed by atoms with van der Waals surface area (Å²) in [5.41, 5.74) is 6.11. The third kappa shape index (κ3) is 5.08. The summed E-state index contributed by atoms with van der Waals surface area (Å²) in [6.07, 6.45) is -1.08. The Morgan fingerprint density at radius 2 is 2.10 bits per heavy atom. The van der Waals surface area contributed by atoms with Crippen molar-refractivity contribution in [1.29, 1.82) is 0 Å². The van der Waals surface area contributed by atoms with Crippen molar-refractivity contribution in [2.45, 2.75) is 6.92 Å². The number of anilines is 1. The van der Waals surface area contributed by atoms with E-state index in [-0.39, 0.29) is 23.0 Å². The maximum atomic E-state index is 11.7. The largest absolute Gasteiger partial charge is 0.495 e. The molecular weight excluding hydrogens is 318 g/mol. The van der Waals surface area contributed by atoms with Crippen molar-refractivity contribution in [3.63, 3.8) is 0 Å². The van der Waals surface area contributed by atoms with Crippen molar-refractivity contribution in [3.8, 4) is 5.75 Å². The van der Waals surface area contributed by atoms with Crippen LogP contribution >= 0.6 is 12.2 Å². The monoisotopic (exact) mass is 333 g/mol. The van der Waals surface area contributed by atoms with Gasteiger partial charge in [0.25, 0.3) is 0 Å². The zero-order valence-electron chi connectivity index (χ0n) is 11.4. The lowest BCUT2D eigenvalue weighted by Crippen LogP contribution is -2.35. The summed E-state index contributed by atoms with van der Waals surface area (Å²) in [5.74, 6) is 0.203. The normalized spacial score (nSPS) is 10.6. The number of rotatable bonds is 6. The fourth-order valence-corrected chi connectivity index (χ4v) is 2.28. The average Bonchev–Trinajstić information content (AvgIpc) is 2.37. The van der Waals surface area contributed by atoms with Gasteiger partial charge in [-0.3, -0.25) is 4.72 Å². The maximum absolute atomic E-state index is 11.7. The smallest absolute Gasteiger partial charge is 0.422 e. The Hall–Kier alpha value is -2.07. The zero-order valence-corrected chi connectivity index (χ0v) is 13.0. The first-order chi connectivity index (χ1) is 9.79. The molecule has 0 spiro atoms. The first-order valence-electron chi connectivity index (χ1n) is 5.74. The predicted octanol–water partition coefficient (Wildman–Crippen LogP) is 0.732. The lowest BCUT2D eigenvalue weighted by atomic mass is 10.2. The number of thiocarbonyl (C=S) groups is 1. The minimum Gasteiger partial charge on any atom is -0.495 e. The van der Waals surface area contributed by atoms with Crippen LogP contribution in [-0.2, 0) is 14.9 Å². The summed E-state index contributed by atoms with van der Waals surface area (Å²) in [5, 5.41) is 0. The minimum absolute atomic E-state index is 0.0489. The van der Waals surface area contributed by atoms with Gasteiger partial charge >= 0.3 is 16.3 Å². The summed E-state index contributed by atoms with van der Waals surface area (Å²) in [4.78, 5) is 11.3. The van der Waals surface area contributed by atoms with Crippen molar-refractivity contribution >= 4 is 39.2 Å². The Morgan fingerprint density at radius 1 is 1.43 bits per heavy atom. The molecule has 0 aliphatic rings. The van der Waals surface area contributed by atoms with Crippen LogP contribution in [0.5, 0.6) is 5.75 Å². The van der Waals surface area contributed by atoms with Crippen LogP contribution in [0.3, 0.4) is 0 Å². The Morgan fingerprint density at radius 3 is 2.62 bits per heavy atom. The van der Waals surface area contributed by atoms with Crippen molar-refractivity contribution in [3.05, 3.63) is 23.8 Å². The Bertz CT molecular complexity index is 645. The van der Waals surface area contributed by atoms with E-state index < -0.39 is 16.3 Å². The van der Waals surface area contributed by atoms with Gasteiger partial charge < -0.3 is 15.2 Å². The van der Waals surface area contributed by atoms with E-state index >= 15 is 0 Å². The van der Waals surface area contributed by atoms with Gasteiger partial charge in [0.05, 0.1) is 19.4 Å². The van der Waals surface area contributed by atoms with Gasteiger partial charge in [-0.05, 0) is 25.1 Å². The molecule has 116 valence electrons. The van der Waals surface area contributed by atoms with Crippen LogP contribution in [0.1, 0.15) is 12.5 Å². The zero-order chi connectivity index (χ0) is 16.0. The highest BCUT2D eigenvalue weighted by atomic mass is 32.2. The second kappa shape index (κ2) is 7.09. The van der Waals surface area contributed by atoms with E-state index in [1.807, 2.05) is 0 Å². The molecule has 10 heteroatoms. The molecule has 0 saturated heterocycles. The van der Waals surface area contributed by atoms with Gasteiger partial charge in [-0.15, -0.1) is 0 Å². The van der Waals surface area contributed by atoms with Crippen LogP contribution in [0.25, 0.3) is 0 Å². The fraction of sp³-hybridized carbons (Fsp3) is 0.273. The van der Waals surface area contributed by atoms with Gasteiger partial charge in [0.15, 0.2) is 0 Å². The van der Waals surface area contributed by atoms with Crippen molar-refractivity contribution < 1.29 is 22.7 Å². The van der Waals surface area contributed by atoms with Crippen LogP contribution in [0.4, 0.5) is 10.5 Å².